The highest BCUT2D eigenvalue weighted by Crippen LogP contribution is 2.43. The maximum atomic E-state index is 12.8. The summed E-state index contributed by atoms with van der Waals surface area (Å²) in [6.07, 6.45) is 57.3. The van der Waals surface area contributed by atoms with Crippen molar-refractivity contribution in [1.82, 2.24) is 0 Å². The van der Waals surface area contributed by atoms with Crippen molar-refractivity contribution in [3.8, 4) is 0 Å². The molecule has 0 saturated heterocycles. The van der Waals surface area contributed by atoms with Gasteiger partial charge in [-0.2, -0.15) is 0 Å². The largest absolute Gasteiger partial charge is 0.472 e. The van der Waals surface area contributed by atoms with Gasteiger partial charge in [-0.05, 0) is 12.8 Å². The van der Waals surface area contributed by atoms with Gasteiger partial charge in [-0.15, -0.1) is 0 Å². The third-order valence-electron chi connectivity index (χ3n) is 13.2. The maximum absolute atomic E-state index is 12.8. The van der Waals surface area contributed by atoms with Crippen LogP contribution in [0.15, 0.2) is 0 Å². The van der Waals surface area contributed by atoms with Crippen LogP contribution in [-0.4, -0.2) is 75.6 Å². The van der Waals surface area contributed by atoms with Crippen LogP contribution in [0.25, 0.3) is 0 Å². The molecule has 1 N–H and O–H groups in total. The van der Waals surface area contributed by atoms with E-state index in [9.17, 15) is 14.3 Å². The third-order valence-corrected chi connectivity index (χ3v) is 14.2. The Morgan fingerprint density at radius 1 is 0.415 bits per heavy atom. The molecule has 0 amide bonds. The van der Waals surface area contributed by atoms with Crippen molar-refractivity contribution in [2.75, 3.05) is 54.1 Å². The molecule has 0 aliphatic carbocycles. The molecule has 0 fully saturated rings. The quantitative estimate of drug-likeness (QED) is 0.0281. The van der Waals surface area contributed by atoms with Crippen LogP contribution in [0.1, 0.15) is 296 Å². The van der Waals surface area contributed by atoms with E-state index in [4.69, 9.17) is 18.5 Å². The molecule has 0 aliphatic heterocycles. The van der Waals surface area contributed by atoms with Gasteiger partial charge in [0.2, 0.25) is 0 Å². The number of quaternary nitrogens is 1. The number of ether oxygens (including phenoxy) is 2. The molecule has 9 heteroatoms. The van der Waals surface area contributed by atoms with Gasteiger partial charge in [0.1, 0.15) is 19.3 Å². The lowest BCUT2D eigenvalue weighted by Gasteiger charge is -2.24. The fraction of sp³-hybridized carbons (Fsp3) is 0.982. The molecular formula is C56H115NO7P+. The van der Waals surface area contributed by atoms with Crippen molar-refractivity contribution < 1.29 is 37.3 Å². The van der Waals surface area contributed by atoms with E-state index in [1.165, 1.54) is 244 Å². The molecule has 0 aromatic heterocycles. The van der Waals surface area contributed by atoms with Crippen LogP contribution in [0.5, 0.6) is 0 Å². The van der Waals surface area contributed by atoms with E-state index >= 15 is 0 Å². The molecule has 0 saturated carbocycles. The summed E-state index contributed by atoms with van der Waals surface area (Å²) in [4.78, 5) is 23.1. The number of phosphoric acid groups is 1. The van der Waals surface area contributed by atoms with Gasteiger partial charge in [-0.25, -0.2) is 4.57 Å². The first-order valence-corrected chi connectivity index (χ1v) is 30.3. The molecule has 0 bridgehead atoms. The van der Waals surface area contributed by atoms with Gasteiger partial charge in [-0.1, -0.05) is 277 Å². The van der Waals surface area contributed by atoms with Crippen LogP contribution in [0.2, 0.25) is 0 Å². The molecule has 0 rings (SSSR count). The minimum Gasteiger partial charge on any atom is -0.457 e. The predicted molar refractivity (Wildman–Crippen MR) is 280 cm³/mol. The first-order valence-electron chi connectivity index (χ1n) is 28.8. The lowest BCUT2D eigenvalue weighted by molar-refractivity contribution is -0.870. The number of phosphoric ester groups is 1. The van der Waals surface area contributed by atoms with Gasteiger partial charge in [0, 0.05) is 13.0 Å². The zero-order valence-corrected chi connectivity index (χ0v) is 45.4. The molecule has 0 radical (unpaired) electrons. The summed E-state index contributed by atoms with van der Waals surface area (Å²) in [7, 11) is 1.69. The van der Waals surface area contributed by atoms with Crippen molar-refractivity contribution >= 4 is 13.8 Å². The Hall–Kier alpha value is -0.500. The van der Waals surface area contributed by atoms with Crippen molar-refractivity contribution in [1.29, 1.82) is 0 Å². The van der Waals surface area contributed by atoms with E-state index in [1.54, 1.807) is 0 Å². The van der Waals surface area contributed by atoms with Gasteiger partial charge in [-0.3, -0.25) is 13.8 Å². The molecule has 0 aromatic rings. The second-order valence-electron chi connectivity index (χ2n) is 21.0. The summed E-state index contributed by atoms with van der Waals surface area (Å²) in [5.74, 6) is -0.303. The lowest BCUT2D eigenvalue weighted by atomic mass is 10.0. The number of likely N-dealkylation sites (N-methyl/N-ethyl adjacent to an activating group) is 1. The number of hydrogen-bond acceptors (Lipinski definition) is 6. The standard InChI is InChI=1S/C56H114NO7P/c1-6-8-10-12-14-16-18-20-22-24-26-28-30-32-34-36-38-40-42-44-46-48-51-61-53-55(54-63-65(59,60)62-52-50-57(3,4)5)64-56(58)49-47-45-43-41-39-37-35-33-31-29-27-25-23-21-19-17-15-13-11-9-7-2/h55H,6-54H2,1-5H3/p+1. The van der Waals surface area contributed by atoms with Crippen LogP contribution in [0.4, 0.5) is 0 Å². The average molecular weight is 946 g/mol. The van der Waals surface area contributed by atoms with E-state index in [0.717, 1.165) is 32.1 Å². The smallest absolute Gasteiger partial charge is 0.457 e. The van der Waals surface area contributed by atoms with Gasteiger partial charge >= 0.3 is 13.8 Å². The highest BCUT2D eigenvalue weighted by atomic mass is 31.2. The van der Waals surface area contributed by atoms with Gasteiger partial charge in [0.25, 0.3) is 0 Å². The summed E-state index contributed by atoms with van der Waals surface area (Å²) >= 11 is 0. The highest BCUT2D eigenvalue weighted by molar-refractivity contribution is 7.47. The zero-order chi connectivity index (χ0) is 47.6. The number of nitrogens with zero attached hydrogens (tertiary/aromatic N) is 1. The molecular weight excluding hydrogens is 830 g/mol. The van der Waals surface area contributed by atoms with Crippen LogP contribution in [-0.2, 0) is 27.9 Å². The Morgan fingerprint density at radius 2 is 0.708 bits per heavy atom. The van der Waals surface area contributed by atoms with Gasteiger partial charge in [0.05, 0.1) is 34.4 Å². The summed E-state index contributed by atoms with van der Waals surface area (Å²) < 4.78 is 35.3. The second kappa shape index (κ2) is 49.9. The number of rotatable bonds is 55. The molecule has 8 nitrogen and oxygen atoms in total. The van der Waals surface area contributed by atoms with E-state index in [2.05, 4.69) is 13.8 Å². The number of carbonyl (C=O) groups is 1. The summed E-state index contributed by atoms with van der Waals surface area (Å²) in [6, 6.07) is 0. The maximum Gasteiger partial charge on any atom is 0.472 e. The third kappa shape index (κ3) is 54.3. The zero-order valence-electron chi connectivity index (χ0n) is 44.5. The first kappa shape index (κ1) is 64.5. The van der Waals surface area contributed by atoms with Gasteiger partial charge < -0.3 is 18.9 Å². The molecule has 2 atom stereocenters. The minimum atomic E-state index is -4.28. The summed E-state index contributed by atoms with van der Waals surface area (Å²) in [5, 5.41) is 0. The fourth-order valence-electron chi connectivity index (χ4n) is 8.73. The Bertz CT molecular complexity index is 1010. The Morgan fingerprint density at radius 3 is 1.02 bits per heavy atom. The Balaban J connectivity index is 4.01. The second-order valence-corrected chi connectivity index (χ2v) is 22.5. The van der Waals surface area contributed by atoms with Crippen LogP contribution < -0.4 is 0 Å². The van der Waals surface area contributed by atoms with Crippen molar-refractivity contribution in [3.63, 3.8) is 0 Å². The average Bonchev–Trinajstić information content (AvgIpc) is 3.27. The SMILES string of the molecule is CCCCCCCCCCCCCCCCCCCCCCCCOCC(COP(=O)(O)OCC[N+](C)(C)C)OC(=O)CCCCCCCCCCCCCCCCCCCCCCC. The van der Waals surface area contributed by atoms with Crippen LogP contribution in [0, 0.1) is 0 Å². The number of hydrogen-bond donors (Lipinski definition) is 1. The van der Waals surface area contributed by atoms with Gasteiger partial charge in [0.15, 0.2) is 0 Å². The molecule has 0 heterocycles. The van der Waals surface area contributed by atoms with Crippen molar-refractivity contribution in [2.24, 2.45) is 0 Å². The fourth-order valence-corrected chi connectivity index (χ4v) is 9.48. The predicted octanol–water partition coefficient (Wildman–Crippen LogP) is 18.0. The molecule has 65 heavy (non-hydrogen) atoms. The Kier molecular flexibility index (Phi) is 49.5. The van der Waals surface area contributed by atoms with E-state index in [0.29, 0.717) is 24.1 Å². The Labute approximate surface area is 406 Å². The summed E-state index contributed by atoms with van der Waals surface area (Å²) in [6.45, 7) is 5.72. The first-order chi connectivity index (χ1) is 31.6. The number of esters is 1. The molecule has 0 aliphatic rings. The number of carbonyl (C=O) groups excluding carboxylic acids is 1. The number of unbranched alkanes of at least 4 members (excludes halogenated alkanes) is 41. The normalized spacial score (nSPS) is 13.4. The lowest BCUT2D eigenvalue weighted by Crippen LogP contribution is -2.37. The molecule has 0 aromatic carbocycles. The topological polar surface area (TPSA) is 91.3 Å². The minimum absolute atomic E-state index is 0.0945. The molecule has 2 unspecified atom stereocenters. The van der Waals surface area contributed by atoms with Crippen LogP contribution in [0.3, 0.4) is 0 Å². The summed E-state index contributed by atoms with van der Waals surface area (Å²) in [5.41, 5.74) is 0. The van der Waals surface area contributed by atoms with E-state index in [-0.39, 0.29) is 25.8 Å². The molecule has 390 valence electrons. The van der Waals surface area contributed by atoms with E-state index < -0.39 is 13.9 Å². The van der Waals surface area contributed by atoms with Crippen molar-refractivity contribution in [2.45, 2.75) is 302 Å². The van der Waals surface area contributed by atoms with Crippen molar-refractivity contribution in [3.05, 3.63) is 0 Å². The monoisotopic (exact) mass is 945 g/mol. The van der Waals surface area contributed by atoms with E-state index in [1.807, 2.05) is 21.1 Å². The molecule has 0 spiro atoms. The highest BCUT2D eigenvalue weighted by Gasteiger charge is 2.26. The van der Waals surface area contributed by atoms with Crippen LogP contribution >= 0.6 is 7.82 Å².